The lowest BCUT2D eigenvalue weighted by Crippen LogP contribution is -2.63. The second-order valence-corrected chi connectivity index (χ2v) is 15.3. The number of alkyl carbamates (subject to hydrolysis) is 1. The third-order valence-corrected chi connectivity index (χ3v) is 11.3. The predicted octanol–water partition coefficient (Wildman–Crippen LogP) is 5.00. The molecule has 0 spiro atoms. The van der Waals surface area contributed by atoms with E-state index in [2.05, 4.69) is 17.9 Å². The number of thiol groups is 1. The number of anilines is 1. The van der Waals surface area contributed by atoms with Gasteiger partial charge in [-0.1, -0.05) is 48.7 Å². The Kier molecular flexibility index (Phi) is 14.3. The van der Waals surface area contributed by atoms with Gasteiger partial charge in [0, 0.05) is 40.0 Å². The summed E-state index contributed by atoms with van der Waals surface area (Å²) in [5.41, 5.74) is -0.889. The Balaban J connectivity index is 1.72. The number of hydrogen-bond acceptors (Lipinski definition) is 11. The van der Waals surface area contributed by atoms with E-state index in [1.54, 1.807) is 59.2 Å². The number of rotatable bonds is 10. The molecule has 0 aromatic heterocycles. The highest BCUT2D eigenvalue weighted by Gasteiger charge is 2.64. The fourth-order valence-electron chi connectivity index (χ4n) is 6.96. The molecule has 1 aromatic carbocycles. The maximum Gasteiger partial charge on any atom is 0.409 e. The fourth-order valence-corrected chi connectivity index (χ4v) is 7.50. The van der Waals surface area contributed by atoms with E-state index in [4.69, 9.17) is 35.3 Å². The lowest BCUT2D eigenvalue weighted by Gasteiger charge is -2.42. The van der Waals surface area contributed by atoms with Crippen molar-refractivity contribution in [3.8, 4) is 5.75 Å². The van der Waals surface area contributed by atoms with Crippen LogP contribution < -0.4 is 15.0 Å². The number of benzene rings is 1. The highest BCUT2D eigenvalue weighted by atomic mass is 35.5. The molecule has 0 saturated carbocycles. The van der Waals surface area contributed by atoms with Crippen molar-refractivity contribution in [2.45, 2.75) is 114 Å². The molecule has 1 aromatic rings. The van der Waals surface area contributed by atoms with Gasteiger partial charge in [-0.15, -0.1) is 0 Å². The number of halogens is 1. The standard InChI is InChI=1S/C38H54ClN3O10S/c1-22-13-12-14-29(49-8)38(47)21-28(50-36(46)40-38)23(2)34-37(4,52-34)30(51-35(45)24(3)41(5)31(43)15-10-9-11-16-53)20-32(44)42(6)26-18-25(17-22)19-27(48-7)33(26)39/h12-14,18-19,23-24,28-30,34,47,53H,9-11,15-17,20-21H2,1-8H3,(H,40,46)/b14-12+,22-13+/t23-,24+,28+,29-,30+,34+,37+,38+/m1/s1. The second-order valence-electron chi connectivity index (χ2n) is 14.4. The maximum atomic E-state index is 14.1. The fraction of sp³-hybridized carbons (Fsp3) is 0.632. The number of unbranched alkanes of at least 4 members (excludes halogenated alkanes) is 2. The van der Waals surface area contributed by atoms with Gasteiger partial charge in [0.15, 0.2) is 5.72 Å². The first-order valence-corrected chi connectivity index (χ1v) is 19.0. The van der Waals surface area contributed by atoms with Crippen LogP contribution in [-0.4, -0.2) is 110 Å². The number of fused-ring (bicyclic) bond motifs is 5. The number of nitrogens with zero attached hydrogens (tertiary/aromatic N) is 2. The number of aliphatic hydroxyl groups is 1. The van der Waals surface area contributed by atoms with Crippen molar-refractivity contribution in [1.82, 2.24) is 10.2 Å². The van der Waals surface area contributed by atoms with Gasteiger partial charge in [-0.25, -0.2) is 9.59 Å². The molecule has 0 aliphatic carbocycles. The summed E-state index contributed by atoms with van der Waals surface area (Å²) in [6.45, 7) is 7.03. The highest BCUT2D eigenvalue weighted by Crippen LogP contribution is 2.49. The highest BCUT2D eigenvalue weighted by molar-refractivity contribution is 7.80. The van der Waals surface area contributed by atoms with Crippen LogP contribution in [0, 0.1) is 5.92 Å². The minimum atomic E-state index is -1.82. The monoisotopic (exact) mass is 779 g/mol. The number of esters is 1. The number of allylic oxidation sites excluding steroid dienone is 3. The topological polar surface area (TPSA) is 156 Å². The summed E-state index contributed by atoms with van der Waals surface area (Å²) < 4.78 is 29.2. The van der Waals surface area contributed by atoms with Crippen LogP contribution in [0.5, 0.6) is 5.75 Å². The van der Waals surface area contributed by atoms with Gasteiger partial charge in [-0.2, -0.15) is 12.6 Å². The van der Waals surface area contributed by atoms with Gasteiger partial charge in [0.25, 0.3) is 0 Å². The molecule has 15 heteroatoms. The first-order valence-electron chi connectivity index (χ1n) is 17.9. The van der Waals surface area contributed by atoms with E-state index in [1.807, 2.05) is 13.0 Å². The molecule has 0 unspecified atom stereocenters. The molecule has 3 heterocycles. The number of epoxide rings is 1. The molecular formula is C38H54ClN3O10S. The Labute approximate surface area is 322 Å². The van der Waals surface area contributed by atoms with E-state index in [1.165, 1.54) is 24.0 Å². The summed E-state index contributed by atoms with van der Waals surface area (Å²) in [4.78, 5) is 56.4. The van der Waals surface area contributed by atoms with E-state index in [0.29, 0.717) is 24.3 Å². The minimum Gasteiger partial charge on any atom is -0.495 e. The SMILES string of the molecule is COc1cc2cc(c1Cl)N(C)C(=O)C[C@H](OC(=O)[C@H](C)N(C)C(=O)CCCCCS)[C@]1(C)O[C@H]1[C@H](C)[C@@H]1C[C@@](O)(NC(=O)O1)[C@H](OC)/C=C/C=C(\C)C2. The Morgan fingerprint density at radius 3 is 2.60 bits per heavy atom. The number of hydrogen-bond donors (Lipinski definition) is 3. The van der Waals surface area contributed by atoms with Gasteiger partial charge in [-0.05, 0) is 63.5 Å². The van der Waals surface area contributed by atoms with Crippen LogP contribution in [0.15, 0.2) is 35.9 Å². The summed E-state index contributed by atoms with van der Waals surface area (Å²) in [7, 11) is 6.06. The average molecular weight is 780 g/mol. The van der Waals surface area contributed by atoms with Crippen molar-refractivity contribution >= 4 is 53.8 Å². The molecule has 3 amide bonds. The molecule has 2 fully saturated rings. The van der Waals surface area contributed by atoms with E-state index in [0.717, 1.165) is 29.7 Å². The number of methoxy groups -OCH3 is 2. The Hall–Kier alpha value is -3.30. The molecule has 2 N–H and O–H groups in total. The minimum absolute atomic E-state index is 0.0461. The molecule has 0 radical (unpaired) electrons. The van der Waals surface area contributed by atoms with Crippen LogP contribution in [0.25, 0.3) is 0 Å². The van der Waals surface area contributed by atoms with Crippen molar-refractivity contribution < 1.29 is 48.0 Å². The predicted molar refractivity (Wildman–Crippen MR) is 203 cm³/mol. The molecule has 294 valence electrons. The molecule has 13 nitrogen and oxygen atoms in total. The molecule has 2 saturated heterocycles. The normalized spacial score (nSPS) is 31.2. The molecular weight excluding hydrogens is 726 g/mol. The summed E-state index contributed by atoms with van der Waals surface area (Å²) in [5.74, 6) is -0.753. The van der Waals surface area contributed by atoms with E-state index in [9.17, 15) is 24.3 Å². The van der Waals surface area contributed by atoms with Gasteiger partial charge >= 0.3 is 12.1 Å². The number of amides is 3. The Bertz CT molecular complexity index is 1590. The van der Waals surface area contributed by atoms with Crippen LogP contribution in [0.2, 0.25) is 5.02 Å². The molecule has 8 atom stereocenters. The molecule has 4 rings (SSSR count). The molecule has 3 aliphatic rings. The average Bonchev–Trinajstić information content (AvgIpc) is 3.81. The quantitative estimate of drug-likeness (QED) is 0.128. The maximum absolute atomic E-state index is 14.1. The third kappa shape index (κ3) is 9.88. The zero-order valence-electron chi connectivity index (χ0n) is 31.8. The largest absolute Gasteiger partial charge is 0.495 e. The summed E-state index contributed by atoms with van der Waals surface area (Å²) in [5, 5.41) is 14.5. The van der Waals surface area contributed by atoms with E-state index >= 15 is 0 Å². The molecule has 3 aliphatic heterocycles. The first kappa shape index (κ1) is 42.4. The van der Waals surface area contributed by atoms with Gasteiger partial charge < -0.3 is 38.6 Å². The molecule has 53 heavy (non-hydrogen) atoms. The van der Waals surface area contributed by atoms with Crippen molar-refractivity contribution in [1.29, 1.82) is 0 Å². The van der Waals surface area contributed by atoms with Gasteiger partial charge in [-0.3, -0.25) is 14.9 Å². The lowest BCUT2D eigenvalue weighted by molar-refractivity contribution is -0.162. The number of nitrogens with one attached hydrogen (secondary N) is 1. The van der Waals surface area contributed by atoms with E-state index < -0.39 is 65.7 Å². The zero-order chi connectivity index (χ0) is 39.2. The van der Waals surface area contributed by atoms with Gasteiger partial charge in [0.05, 0.1) is 25.3 Å². The number of ether oxygens (including phenoxy) is 5. The van der Waals surface area contributed by atoms with Gasteiger partial charge in [0.2, 0.25) is 11.8 Å². The Morgan fingerprint density at radius 2 is 1.94 bits per heavy atom. The van der Waals surface area contributed by atoms with Crippen LogP contribution in [0.3, 0.4) is 0 Å². The first-order chi connectivity index (χ1) is 25.0. The second kappa shape index (κ2) is 17.9. The molecule has 4 bridgehead atoms. The van der Waals surface area contributed by atoms with Crippen molar-refractivity contribution in [2.24, 2.45) is 5.92 Å². The van der Waals surface area contributed by atoms with Crippen molar-refractivity contribution in [3.05, 3.63) is 46.5 Å². The summed E-state index contributed by atoms with van der Waals surface area (Å²) in [6.07, 6.45) is 3.67. The third-order valence-electron chi connectivity index (χ3n) is 10.6. The number of carbonyl (C=O) groups is 4. The Morgan fingerprint density at radius 1 is 1.23 bits per heavy atom. The van der Waals surface area contributed by atoms with Crippen molar-refractivity contribution in [3.63, 3.8) is 0 Å². The van der Waals surface area contributed by atoms with Crippen molar-refractivity contribution in [2.75, 3.05) is 39.0 Å². The van der Waals surface area contributed by atoms with Gasteiger partial charge in [0.1, 0.15) is 40.7 Å². The number of carbonyl (C=O) groups excluding carboxylic acids is 4. The summed E-state index contributed by atoms with van der Waals surface area (Å²) in [6, 6.07) is 2.64. The van der Waals surface area contributed by atoms with Crippen LogP contribution >= 0.6 is 24.2 Å². The van der Waals surface area contributed by atoms with Crippen LogP contribution in [-0.2, 0) is 39.8 Å². The van der Waals surface area contributed by atoms with Crippen LogP contribution in [0.4, 0.5) is 10.5 Å². The zero-order valence-corrected chi connectivity index (χ0v) is 33.5. The van der Waals surface area contributed by atoms with Crippen LogP contribution in [0.1, 0.15) is 71.8 Å². The van der Waals surface area contributed by atoms with E-state index in [-0.39, 0.29) is 30.2 Å². The lowest BCUT2D eigenvalue weighted by atomic mass is 9.83. The summed E-state index contributed by atoms with van der Waals surface area (Å²) >= 11 is 11.0. The number of likely N-dealkylation sites (N-methyl/N-ethyl adjacent to an activating group) is 1. The smallest absolute Gasteiger partial charge is 0.409 e.